The zero-order chi connectivity index (χ0) is 14.1. The van der Waals surface area contributed by atoms with Crippen molar-refractivity contribution in [3.05, 3.63) is 47.7 Å². The molecule has 1 heterocycles. The van der Waals surface area contributed by atoms with Gasteiger partial charge in [0.25, 0.3) is 0 Å². The van der Waals surface area contributed by atoms with E-state index in [-0.39, 0.29) is 6.10 Å². The van der Waals surface area contributed by atoms with Crippen molar-refractivity contribution in [1.82, 2.24) is 9.97 Å². The standard InChI is InChI=1S/C16H15ClN2O/c1-10(2)20-16-6-4-3-5-11(16)12-7-14-15(8-13(12)17)19-9-18-14/h3-10H,1-2H3,(H,18,19). The number of ether oxygens (including phenoxy) is 1. The summed E-state index contributed by atoms with van der Waals surface area (Å²) in [5.74, 6) is 0.836. The summed E-state index contributed by atoms with van der Waals surface area (Å²) in [4.78, 5) is 7.32. The van der Waals surface area contributed by atoms with Crippen molar-refractivity contribution in [1.29, 1.82) is 0 Å². The molecule has 0 aliphatic heterocycles. The predicted molar refractivity (Wildman–Crippen MR) is 82.3 cm³/mol. The van der Waals surface area contributed by atoms with E-state index in [1.807, 2.05) is 50.2 Å². The van der Waals surface area contributed by atoms with Gasteiger partial charge in [0.05, 0.1) is 28.5 Å². The first-order chi connectivity index (χ1) is 9.65. The third-order valence-corrected chi connectivity index (χ3v) is 3.36. The molecular formula is C16H15ClN2O. The molecule has 20 heavy (non-hydrogen) atoms. The van der Waals surface area contributed by atoms with E-state index in [0.29, 0.717) is 5.02 Å². The maximum atomic E-state index is 6.39. The molecule has 0 atom stereocenters. The molecule has 0 saturated carbocycles. The van der Waals surface area contributed by atoms with Gasteiger partial charge >= 0.3 is 0 Å². The van der Waals surface area contributed by atoms with Crippen LogP contribution in [0.1, 0.15) is 13.8 Å². The van der Waals surface area contributed by atoms with Crippen LogP contribution >= 0.6 is 11.6 Å². The number of H-pyrrole nitrogens is 1. The van der Waals surface area contributed by atoms with Gasteiger partial charge in [0.1, 0.15) is 5.75 Å². The fourth-order valence-corrected chi connectivity index (χ4v) is 2.47. The third kappa shape index (κ3) is 2.37. The SMILES string of the molecule is CC(C)Oc1ccccc1-c1cc2[nH]cnc2cc1Cl. The van der Waals surface area contributed by atoms with Gasteiger partial charge in [0.2, 0.25) is 0 Å². The smallest absolute Gasteiger partial charge is 0.127 e. The number of aromatic nitrogens is 2. The van der Waals surface area contributed by atoms with Crippen molar-refractivity contribution in [2.24, 2.45) is 0 Å². The molecule has 2 aromatic carbocycles. The number of hydrogen-bond donors (Lipinski definition) is 1. The zero-order valence-electron chi connectivity index (χ0n) is 11.4. The number of hydrogen-bond acceptors (Lipinski definition) is 2. The molecule has 0 saturated heterocycles. The summed E-state index contributed by atoms with van der Waals surface area (Å²) < 4.78 is 5.86. The Hall–Kier alpha value is -2.00. The van der Waals surface area contributed by atoms with Crippen molar-refractivity contribution in [2.45, 2.75) is 20.0 Å². The van der Waals surface area contributed by atoms with E-state index >= 15 is 0 Å². The molecule has 3 nitrogen and oxygen atoms in total. The summed E-state index contributed by atoms with van der Waals surface area (Å²) in [6.07, 6.45) is 1.78. The molecule has 0 spiro atoms. The van der Waals surface area contributed by atoms with Gasteiger partial charge in [-0.3, -0.25) is 0 Å². The lowest BCUT2D eigenvalue weighted by molar-refractivity contribution is 0.243. The highest BCUT2D eigenvalue weighted by Gasteiger charge is 2.12. The van der Waals surface area contributed by atoms with Gasteiger partial charge in [-0.15, -0.1) is 0 Å². The molecule has 3 rings (SSSR count). The van der Waals surface area contributed by atoms with Crippen molar-refractivity contribution in [3.8, 4) is 16.9 Å². The molecule has 0 aliphatic carbocycles. The molecule has 0 amide bonds. The number of nitrogens with zero attached hydrogens (tertiary/aromatic N) is 1. The normalized spacial score (nSPS) is 11.2. The minimum atomic E-state index is 0.116. The molecule has 0 bridgehead atoms. The Labute approximate surface area is 122 Å². The van der Waals surface area contributed by atoms with Gasteiger partial charge in [0.15, 0.2) is 0 Å². The van der Waals surface area contributed by atoms with Crippen LogP contribution in [0.4, 0.5) is 0 Å². The molecular weight excluding hydrogens is 272 g/mol. The second kappa shape index (κ2) is 5.17. The quantitative estimate of drug-likeness (QED) is 0.760. The maximum absolute atomic E-state index is 6.39. The lowest BCUT2D eigenvalue weighted by atomic mass is 10.0. The van der Waals surface area contributed by atoms with Crippen LogP contribution in [0.2, 0.25) is 5.02 Å². The highest BCUT2D eigenvalue weighted by atomic mass is 35.5. The number of aromatic amines is 1. The lowest BCUT2D eigenvalue weighted by Crippen LogP contribution is -2.06. The fourth-order valence-electron chi connectivity index (χ4n) is 2.21. The second-order valence-electron chi connectivity index (χ2n) is 4.91. The number of imidazole rings is 1. The first-order valence-electron chi connectivity index (χ1n) is 6.54. The molecule has 1 aromatic heterocycles. The Morgan fingerprint density at radius 2 is 1.95 bits per heavy atom. The van der Waals surface area contributed by atoms with E-state index in [1.165, 1.54) is 0 Å². The van der Waals surface area contributed by atoms with Gasteiger partial charge < -0.3 is 9.72 Å². The molecule has 0 aliphatic rings. The van der Waals surface area contributed by atoms with Gasteiger partial charge in [-0.05, 0) is 32.0 Å². The Morgan fingerprint density at radius 3 is 2.75 bits per heavy atom. The summed E-state index contributed by atoms with van der Waals surface area (Å²) in [5, 5.41) is 0.671. The van der Waals surface area contributed by atoms with Gasteiger partial charge in [-0.1, -0.05) is 29.8 Å². The van der Waals surface area contributed by atoms with Gasteiger partial charge in [0, 0.05) is 11.1 Å². The Balaban J connectivity index is 2.17. The molecule has 0 unspecified atom stereocenters. The van der Waals surface area contributed by atoms with E-state index < -0.39 is 0 Å². The van der Waals surface area contributed by atoms with Crippen molar-refractivity contribution in [2.75, 3.05) is 0 Å². The average Bonchev–Trinajstić information content (AvgIpc) is 2.85. The summed E-state index contributed by atoms with van der Waals surface area (Å²) >= 11 is 6.39. The highest BCUT2D eigenvalue weighted by Crippen LogP contribution is 2.37. The van der Waals surface area contributed by atoms with Crippen LogP contribution in [0.15, 0.2) is 42.7 Å². The number of benzene rings is 2. The molecule has 102 valence electrons. The van der Waals surface area contributed by atoms with E-state index in [4.69, 9.17) is 16.3 Å². The highest BCUT2D eigenvalue weighted by molar-refractivity contribution is 6.34. The molecule has 4 heteroatoms. The second-order valence-corrected chi connectivity index (χ2v) is 5.32. The average molecular weight is 287 g/mol. The number of nitrogens with one attached hydrogen (secondary N) is 1. The van der Waals surface area contributed by atoms with Crippen LogP contribution in [0.25, 0.3) is 22.2 Å². The van der Waals surface area contributed by atoms with Crippen molar-refractivity contribution < 1.29 is 4.74 Å². The third-order valence-electron chi connectivity index (χ3n) is 3.05. The number of rotatable bonds is 3. The first-order valence-corrected chi connectivity index (χ1v) is 6.91. The summed E-state index contributed by atoms with van der Waals surface area (Å²) in [7, 11) is 0. The van der Waals surface area contributed by atoms with E-state index in [0.717, 1.165) is 27.9 Å². The van der Waals surface area contributed by atoms with E-state index in [2.05, 4.69) is 9.97 Å². The van der Waals surface area contributed by atoms with Crippen LogP contribution in [-0.4, -0.2) is 16.1 Å². The molecule has 0 fully saturated rings. The molecule has 3 aromatic rings. The van der Waals surface area contributed by atoms with Crippen LogP contribution < -0.4 is 4.74 Å². The van der Waals surface area contributed by atoms with Crippen molar-refractivity contribution in [3.63, 3.8) is 0 Å². The molecule has 1 N–H and O–H groups in total. The first kappa shape index (κ1) is 13.0. The monoisotopic (exact) mass is 286 g/mol. The van der Waals surface area contributed by atoms with Crippen LogP contribution in [0.5, 0.6) is 5.75 Å². The van der Waals surface area contributed by atoms with E-state index in [9.17, 15) is 0 Å². The summed E-state index contributed by atoms with van der Waals surface area (Å²) in [6.45, 7) is 4.02. The Morgan fingerprint density at radius 1 is 1.15 bits per heavy atom. The number of para-hydroxylation sites is 1. The van der Waals surface area contributed by atoms with Crippen LogP contribution in [-0.2, 0) is 0 Å². The minimum Gasteiger partial charge on any atom is -0.490 e. The zero-order valence-corrected chi connectivity index (χ0v) is 12.1. The van der Waals surface area contributed by atoms with Crippen LogP contribution in [0, 0.1) is 0 Å². The molecule has 0 radical (unpaired) electrons. The minimum absolute atomic E-state index is 0.116. The maximum Gasteiger partial charge on any atom is 0.127 e. The van der Waals surface area contributed by atoms with Gasteiger partial charge in [-0.25, -0.2) is 4.98 Å². The predicted octanol–water partition coefficient (Wildman–Crippen LogP) is 4.67. The number of fused-ring (bicyclic) bond motifs is 1. The largest absolute Gasteiger partial charge is 0.490 e. The van der Waals surface area contributed by atoms with Crippen molar-refractivity contribution >= 4 is 22.6 Å². The summed E-state index contributed by atoms with van der Waals surface area (Å²) in [6, 6.07) is 11.8. The fraction of sp³-hybridized carbons (Fsp3) is 0.188. The topological polar surface area (TPSA) is 37.9 Å². The van der Waals surface area contributed by atoms with Crippen LogP contribution in [0.3, 0.4) is 0 Å². The Kier molecular flexibility index (Phi) is 3.36. The number of halogens is 1. The summed E-state index contributed by atoms with van der Waals surface area (Å²) in [5.41, 5.74) is 3.76. The van der Waals surface area contributed by atoms with E-state index in [1.54, 1.807) is 6.33 Å². The Bertz CT molecular complexity index is 749. The van der Waals surface area contributed by atoms with Gasteiger partial charge in [-0.2, -0.15) is 0 Å². The lowest BCUT2D eigenvalue weighted by Gasteiger charge is -2.15.